The summed E-state index contributed by atoms with van der Waals surface area (Å²) >= 11 is 0. The Bertz CT molecular complexity index is 1120. The number of ether oxygens (including phenoxy) is 2. The molecule has 1 aromatic carbocycles. The number of hydrogen-bond donors (Lipinski definition) is 0. The number of alkyl halides is 3. The summed E-state index contributed by atoms with van der Waals surface area (Å²) in [6, 6.07) is 5.36. The second-order valence-corrected chi connectivity index (χ2v) is 7.33. The fraction of sp³-hybridized carbons (Fsp3) is 0.348. The lowest BCUT2D eigenvalue weighted by Gasteiger charge is -2.24. The average molecular weight is 462 g/mol. The Morgan fingerprint density at radius 2 is 2.12 bits per heavy atom. The molecule has 33 heavy (non-hydrogen) atoms. The van der Waals surface area contributed by atoms with Crippen LogP contribution in [-0.4, -0.2) is 48.3 Å². The van der Waals surface area contributed by atoms with Crippen molar-refractivity contribution in [2.75, 3.05) is 13.2 Å². The van der Waals surface area contributed by atoms with Crippen molar-refractivity contribution in [3.05, 3.63) is 53.8 Å². The normalized spacial score (nSPS) is 15.5. The van der Waals surface area contributed by atoms with Crippen molar-refractivity contribution in [1.29, 1.82) is 0 Å². The molecule has 1 aliphatic carbocycles. The van der Waals surface area contributed by atoms with E-state index >= 15 is 0 Å². The maximum atomic E-state index is 12.5. The first-order valence-corrected chi connectivity index (χ1v) is 10.3. The molecule has 1 heterocycles. The minimum Gasteiger partial charge on any atom is -0.473 e. The number of benzene rings is 1. The molecule has 0 radical (unpaired) electrons. The third-order valence-corrected chi connectivity index (χ3v) is 4.91. The molecule has 3 rings (SSSR count). The van der Waals surface area contributed by atoms with Crippen LogP contribution in [0.15, 0.2) is 62.9 Å². The fourth-order valence-corrected chi connectivity index (χ4v) is 3.23. The first kappa shape index (κ1) is 24.1. The molecule has 0 saturated heterocycles. The molecule has 1 aliphatic rings. The smallest absolute Gasteiger partial charge is 0.473 e. The van der Waals surface area contributed by atoms with Crippen LogP contribution in [0.3, 0.4) is 0 Å². The first-order valence-electron chi connectivity index (χ1n) is 10.3. The molecule has 1 aromatic heterocycles. The van der Waals surface area contributed by atoms with Gasteiger partial charge in [-0.3, -0.25) is 5.01 Å². The molecule has 0 N–H and O–H groups in total. The molecular weight excluding hydrogens is 437 g/mol. The molecule has 0 saturated carbocycles. The highest BCUT2D eigenvalue weighted by Crippen LogP contribution is 2.31. The SMILES string of the molecule is C=N/C(C)=N\N(CC)C(C)COc1noc2ccc(C3=CC=C(OC(F)(F)F)C=CC3)cc12. The summed E-state index contributed by atoms with van der Waals surface area (Å²) in [5.74, 6) is 0.620. The van der Waals surface area contributed by atoms with Crippen molar-refractivity contribution in [3.63, 3.8) is 0 Å². The molecule has 2 aromatic rings. The van der Waals surface area contributed by atoms with Gasteiger partial charge in [-0.2, -0.15) is 5.10 Å². The van der Waals surface area contributed by atoms with Gasteiger partial charge in [-0.15, -0.1) is 13.2 Å². The van der Waals surface area contributed by atoms with Crippen LogP contribution in [0.4, 0.5) is 13.2 Å². The Balaban J connectivity index is 1.78. The molecule has 176 valence electrons. The Morgan fingerprint density at radius 1 is 1.33 bits per heavy atom. The highest BCUT2D eigenvalue weighted by Gasteiger charge is 2.31. The van der Waals surface area contributed by atoms with Gasteiger partial charge in [-0.1, -0.05) is 18.2 Å². The molecule has 0 amide bonds. The Morgan fingerprint density at radius 3 is 2.82 bits per heavy atom. The summed E-state index contributed by atoms with van der Waals surface area (Å²) in [6.07, 6.45) is 1.52. The number of aromatic nitrogens is 1. The molecule has 7 nitrogen and oxygen atoms in total. The molecule has 0 aliphatic heterocycles. The third kappa shape index (κ3) is 6.47. The number of allylic oxidation sites excluding steroid dienone is 5. The predicted octanol–water partition coefficient (Wildman–Crippen LogP) is 5.71. The Hall–Kier alpha value is -3.56. The van der Waals surface area contributed by atoms with Gasteiger partial charge in [0.25, 0.3) is 5.88 Å². The van der Waals surface area contributed by atoms with E-state index in [1.54, 1.807) is 25.1 Å². The van der Waals surface area contributed by atoms with Gasteiger partial charge >= 0.3 is 6.36 Å². The molecule has 10 heteroatoms. The molecule has 0 spiro atoms. The monoisotopic (exact) mass is 462 g/mol. The Labute approximate surface area is 189 Å². The van der Waals surface area contributed by atoms with E-state index in [1.165, 1.54) is 12.2 Å². The maximum Gasteiger partial charge on any atom is 0.573 e. The number of nitrogens with zero attached hydrogens (tertiary/aromatic N) is 4. The number of fused-ring (bicyclic) bond motifs is 1. The van der Waals surface area contributed by atoms with Gasteiger partial charge in [0, 0.05) is 6.54 Å². The van der Waals surface area contributed by atoms with Gasteiger partial charge in [0.15, 0.2) is 5.58 Å². The standard InChI is InChI=1S/C23H25F3N4O3/c1-5-30(28-16(3)27-4)15(2)14-31-22-20-13-18(10-12-21(20)33-29-22)17-7-6-8-19(11-9-17)32-23(24,25)26/h6,8-13,15H,4-5,7,14H2,1-3H3/b28-16-. The predicted molar refractivity (Wildman–Crippen MR) is 121 cm³/mol. The molecule has 0 fully saturated rings. The zero-order valence-electron chi connectivity index (χ0n) is 18.6. The number of hydrogen-bond acceptors (Lipinski definition) is 6. The number of halogens is 3. The highest BCUT2D eigenvalue weighted by atomic mass is 19.4. The van der Waals surface area contributed by atoms with E-state index < -0.39 is 6.36 Å². The van der Waals surface area contributed by atoms with Crippen molar-refractivity contribution < 1.29 is 27.2 Å². The zero-order valence-corrected chi connectivity index (χ0v) is 18.6. The summed E-state index contributed by atoms with van der Waals surface area (Å²) in [6.45, 7) is 10.1. The van der Waals surface area contributed by atoms with E-state index in [4.69, 9.17) is 9.26 Å². The summed E-state index contributed by atoms with van der Waals surface area (Å²) in [7, 11) is 0. The van der Waals surface area contributed by atoms with Crippen molar-refractivity contribution in [3.8, 4) is 5.88 Å². The van der Waals surface area contributed by atoms with Crippen molar-refractivity contribution in [2.24, 2.45) is 10.1 Å². The lowest BCUT2D eigenvalue weighted by Crippen LogP contribution is -2.33. The summed E-state index contributed by atoms with van der Waals surface area (Å²) < 4.78 is 52.7. The lowest BCUT2D eigenvalue weighted by molar-refractivity contribution is -0.303. The van der Waals surface area contributed by atoms with Crippen LogP contribution in [0.1, 0.15) is 32.8 Å². The third-order valence-electron chi connectivity index (χ3n) is 4.91. The number of rotatable bonds is 8. The van der Waals surface area contributed by atoms with E-state index in [0.29, 0.717) is 42.3 Å². The maximum absolute atomic E-state index is 12.5. The van der Waals surface area contributed by atoms with Crippen LogP contribution < -0.4 is 4.74 Å². The van der Waals surface area contributed by atoms with Crippen LogP contribution in [0, 0.1) is 0 Å². The largest absolute Gasteiger partial charge is 0.573 e. The van der Waals surface area contributed by atoms with Crippen LogP contribution in [0.2, 0.25) is 0 Å². The minimum atomic E-state index is -4.74. The summed E-state index contributed by atoms with van der Waals surface area (Å²) in [5.41, 5.74) is 2.17. The number of aliphatic imine (C=N–C) groups is 1. The quantitative estimate of drug-likeness (QED) is 0.285. The van der Waals surface area contributed by atoms with Gasteiger partial charge in [-0.25, -0.2) is 4.99 Å². The Kier molecular flexibility index (Phi) is 7.57. The lowest BCUT2D eigenvalue weighted by atomic mass is 10.0. The van der Waals surface area contributed by atoms with Crippen molar-refractivity contribution >= 4 is 29.1 Å². The first-order chi connectivity index (χ1) is 15.7. The number of amidine groups is 1. The van der Waals surface area contributed by atoms with Crippen LogP contribution >= 0.6 is 0 Å². The van der Waals surface area contributed by atoms with Gasteiger partial charge < -0.3 is 14.0 Å². The molecule has 0 bridgehead atoms. The van der Waals surface area contributed by atoms with E-state index in [-0.39, 0.29) is 11.8 Å². The van der Waals surface area contributed by atoms with Gasteiger partial charge in [0.1, 0.15) is 18.2 Å². The number of likely N-dealkylation sites (N-methyl/N-ethyl adjacent to an activating group) is 1. The molecule has 1 atom stereocenters. The summed E-state index contributed by atoms with van der Waals surface area (Å²) in [4.78, 5) is 3.80. The number of hydrazone groups is 1. The fourth-order valence-electron chi connectivity index (χ4n) is 3.23. The van der Waals surface area contributed by atoms with E-state index in [0.717, 1.165) is 11.1 Å². The van der Waals surface area contributed by atoms with Crippen molar-refractivity contribution in [1.82, 2.24) is 10.2 Å². The van der Waals surface area contributed by atoms with E-state index in [1.807, 2.05) is 31.0 Å². The van der Waals surface area contributed by atoms with Gasteiger partial charge in [-0.05, 0) is 74.5 Å². The second-order valence-electron chi connectivity index (χ2n) is 7.33. The topological polar surface area (TPSA) is 72.5 Å². The van der Waals surface area contributed by atoms with Crippen LogP contribution in [0.5, 0.6) is 5.88 Å². The molecule has 1 unspecified atom stereocenters. The minimum absolute atomic E-state index is 0.0616. The van der Waals surface area contributed by atoms with Crippen LogP contribution in [0.25, 0.3) is 16.5 Å². The zero-order chi connectivity index (χ0) is 24.0. The average Bonchev–Trinajstić information content (AvgIpc) is 3.04. The van der Waals surface area contributed by atoms with Crippen LogP contribution in [-0.2, 0) is 4.74 Å². The van der Waals surface area contributed by atoms with Gasteiger partial charge in [0.05, 0.1) is 11.4 Å². The summed E-state index contributed by atoms with van der Waals surface area (Å²) in [5, 5.41) is 10.9. The van der Waals surface area contributed by atoms with E-state index in [2.05, 4.69) is 26.7 Å². The molecular formula is C23H25F3N4O3. The van der Waals surface area contributed by atoms with Crippen molar-refractivity contribution in [2.45, 2.75) is 39.6 Å². The van der Waals surface area contributed by atoms with E-state index in [9.17, 15) is 13.2 Å². The van der Waals surface area contributed by atoms with Gasteiger partial charge in [0.2, 0.25) is 0 Å². The highest BCUT2D eigenvalue weighted by molar-refractivity contribution is 5.86. The second kappa shape index (κ2) is 10.4.